The van der Waals surface area contributed by atoms with Crippen LogP contribution in [-0.4, -0.2) is 35.0 Å². The van der Waals surface area contributed by atoms with Crippen molar-refractivity contribution >= 4 is 23.2 Å². The van der Waals surface area contributed by atoms with E-state index in [1.165, 1.54) is 16.2 Å². The molecule has 1 unspecified atom stereocenters. The first-order valence-electron chi connectivity index (χ1n) is 6.61. The molecule has 2 aromatic rings. The van der Waals surface area contributed by atoms with Crippen LogP contribution < -0.4 is 0 Å². The third-order valence-electron chi connectivity index (χ3n) is 3.35. The number of amides is 1. The molecule has 4 nitrogen and oxygen atoms in total. The van der Waals surface area contributed by atoms with Gasteiger partial charge in [0, 0.05) is 13.5 Å². The second-order valence-electron chi connectivity index (χ2n) is 4.86. The molecule has 1 atom stereocenters. The van der Waals surface area contributed by atoms with Crippen molar-refractivity contribution < 1.29 is 14.7 Å². The summed E-state index contributed by atoms with van der Waals surface area (Å²) in [7, 11) is 1.55. The SMILES string of the molecule is CN(C(=O)Cc1ccsc1)C(Cc1ccccc1)C(=O)O. The van der Waals surface area contributed by atoms with Crippen LogP contribution in [0.5, 0.6) is 0 Å². The van der Waals surface area contributed by atoms with E-state index in [2.05, 4.69) is 0 Å². The molecule has 1 N–H and O–H groups in total. The van der Waals surface area contributed by atoms with Crippen LogP contribution in [0.1, 0.15) is 11.1 Å². The van der Waals surface area contributed by atoms with Gasteiger partial charge in [0.15, 0.2) is 0 Å². The van der Waals surface area contributed by atoms with Crippen LogP contribution in [0.4, 0.5) is 0 Å². The quantitative estimate of drug-likeness (QED) is 0.891. The van der Waals surface area contributed by atoms with Crippen molar-refractivity contribution in [2.75, 3.05) is 7.05 Å². The first-order valence-corrected chi connectivity index (χ1v) is 7.55. The zero-order chi connectivity index (χ0) is 15.2. The molecule has 110 valence electrons. The number of aliphatic carboxylic acids is 1. The molecule has 1 aromatic carbocycles. The zero-order valence-corrected chi connectivity index (χ0v) is 12.5. The number of carboxylic acids is 1. The molecule has 0 saturated carbocycles. The Morgan fingerprint density at radius 1 is 1.19 bits per heavy atom. The van der Waals surface area contributed by atoms with Gasteiger partial charge in [-0.15, -0.1) is 0 Å². The van der Waals surface area contributed by atoms with Gasteiger partial charge < -0.3 is 10.0 Å². The van der Waals surface area contributed by atoms with Crippen LogP contribution in [-0.2, 0) is 22.4 Å². The third kappa shape index (κ3) is 4.16. The fraction of sp³-hybridized carbons (Fsp3) is 0.250. The average Bonchev–Trinajstić information content (AvgIpc) is 2.97. The lowest BCUT2D eigenvalue weighted by Gasteiger charge is -2.25. The largest absolute Gasteiger partial charge is 0.480 e. The summed E-state index contributed by atoms with van der Waals surface area (Å²) >= 11 is 1.52. The molecule has 0 aliphatic heterocycles. The van der Waals surface area contributed by atoms with Crippen LogP contribution in [0, 0.1) is 0 Å². The van der Waals surface area contributed by atoms with Crippen molar-refractivity contribution in [1.29, 1.82) is 0 Å². The smallest absolute Gasteiger partial charge is 0.326 e. The lowest BCUT2D eigenvalue weighted by molar-refractivity contribution is -0.148. The fourth-order valence-electron chi connectivity index (χ4n) is 2.09. The Morgan fingerprint density at radius 2 is 1.90 bits per heavy atom. The fourth-order valence-corrected chi connectivity index (χ4v) is 2.76. The molecular weight excluding hydrogens is 286 g/mol. The van der Waals surface area contributed by atoms with Crippen molar-refractivity contribution in [3.8, 4) is 0 Å². The third-order valence-corrected chi connectivity index (χ3v) is 4.09. The predicted molar refractivity (Wildman–Crippen MR) is 82.4 cm³/mol. The van der Waals surface area contributed by atoms with Gasteiger partial charge in [-0.1, -0.05) is 30.3 Å². The summed E-state index contributed by atoms with van der Waals surface area (Å²) in [6.45, 7) is 0. The summed E-state index contributed by atoms with van der Waals surface area (Å²) in [6, 6.07) is 10.4. The Kier molecular flexibility index (Phi) is 5.11. The number of hydrogen-bond acceptors (Lipinski definition) is 3. The van der Waals surface area contributed by atoms with Gasteiger partial charge in [0.05, 0.1) is 6.42 Å². The van der Waals surface area contributed by atoms with Gasteiger partial charge in [0.25, 0.3) is 0 Å². The highest BCUT2D eigenvalue weighted by Gasteiger charge is 2.26. The van der Waals surface area contributed by atoms with Crippen LogP contribution in [0.2, 0.25) is 0 Å². The maximum Gasteiger partial charge on any atom is 0.326 e. The molecule has 0 spiro atoms. The van der Waals surface area contributed by atoms with Crippen LogP contribution in [0.15, 0.2) is 47.2 Å². The van der Waals surface area contributed by atoms with Gasteiger partial charge in [-0.25, -0.2) is 4.79 Å². The minimum atomic E-state index is -0.986. The number of likely N-dealkylation sites (N-methyl/N-ethyl adjacent to an activating group) is 1. The number of rotatable bonds is 6. The number of carbonyl (C=O) groups excluding carboxylic acids is 1. The van der Waals surface area contributed by atoms with E-state index in [9.17, 15) is 14.7 Å². The second kappa shape index (κ2) is 7.04. The van der Waals surface area contributed by atoms with Crippen molar-refractivity contribution in [3.63, 3.8) is 0 Å². The van der Waals surface area contributed by atoms with Gasteiger partial charge in [-0.05, 0) is 28.0 Å². The molecule has 2 rings (SSSR count). The number of hydrogen-bond donors (Lipinski definition) is 1. The average molecular weight is 303 g/mol. The second-order valence-corrected chi connectivity index (χ2v) is 5.64. The molecule has 0 saturated heterocycles. The Hall–Kier alpha value is -2.14. The maximum atomic E-state index is 12.2. The minimum absolute atomic E-state index is 0.184. The van der Waals surface area contributed by atoms with Crippen molar-refractivity contribution in [3.05, 3.63) is 58.3 Å². The molecule has 1 heterocycles. The number of benzene rings is 1. The molecule has 0 aliphatic rings. The highest BCUT2D eigenvalue weighted by atomic mass is 32.1. The van der Waals surface area contributed by atoms with E-state index >= 15 is 0 Å². The number of carboxylic acid groups (broad SMARTS) is 1. The van der Waals surface area contributed by atoms with E-state index in [0.29, 0.717) is 6.42 Å². The summed E-state index contributed by atoms with van der Waals surface area (Å²) in [5.41, 5.74) is 1.82. The number of carbonyl (C=O) groups is 2. The molecule has 0 aliphatic carbocycles. The lowest BCUT2D eigenvalue weighted by atomic mass is 10.0. The molecule has 0 bridgehead atoms. The normalized spacial score (nSPS) is 11.9. The highest BCUT2D eigenvalue weighted by molar-refractivity contribution is 7.07. The van der Waals surface area contributed by atoms with E-state index in [4.69, 9.17) is 0 Å². The van der Waals surface area contributed by atoms with Crippen molar-refractivity contribution in [1.82, 2.24) is 4.90 Å². The van der Waals surface area contributed by atoms with Crippen molar-refractivity contribution in [2.24, 2.45) is 0 Å². The van der Waals surface area contributed by atoms with Gasteiger partial charge in [0.2, 0.25) is 5.91 Å². The summed E-state index contributed by atoms with van der Waals surface area (Å²) < 4.78 is 0. The van der Waals surface area contributed by atoms with Gasteiger partial charge in [-0.3, -0.25) is 4.79 Å². The Labute approximate surface area is 127 Å². The first-order chi connectivity index (χ1) is 10.1. The molecule has 21 heavy (non-hydrogen) atoms. The Bertz CT molecular complexity index is 595. The zero-order valence-electron chi connectivity index (χ0n) is 11.7. The lowest BCUT2D eigenvalue weighted by Crippen LogP contribution is -2.44. The van der Waals surface area contributed by atoms with E-state index in [1.807, 2.05) is 47.2 Å². The molecule has 1 aromatic heterocycles. The monoisotopic (exact) mass is 303 g/mol. The molecule has 5 heteroatoms. The first kappa shape index (κ1) is 15.3. The minimum Gasteiger partial charge on any atom is -0.480 e. The molecule has 0 radical (unpaired) electrons. The summed E-state index contributed by atoms with van der Waals surface area (Å²) in [6.07, 6.45) is 0.542. The summed E-state index contributed by atoms with van der Waals surface area (Å²) in [4.78, 5) is 25.0. The predicted octanol–water partition coefficient (Wildman–Crippen LogP) is 2.44. The van der Waals surface area contributed by atoms with E-state index < -0.39 is 12.0 Å². The summed E-state index contributed by atoms with van der Waals surface area (Å²) in [5.74, 6) is -1.17. The van der Waals surface area contributed by atoms with E-state index in [0.717, 1.165) is 11.1 Å². The topological polar surface area (TPSA) is 57.6 Å². The molecular formula is C16H17NO3S. The standard InChI is InChI=1S/C16H17NO3S/c1-17(15(18)10-13-7-8-21-11-13)14(16(19)20)9-12-5-3-2-4-6-12/h2-8,11,14H,9-10H2,1H3,(H,19,20). The Balaban J connectivity index is 2.06. The number of nitrogens with zero attached hydrogens (tertiary/aromatic N) is 1. The molecule has 0 fully saturated rings. The van der Waals surface area contributed by atoms with Gasteiger partial charge >= 0.3 is 5.97 Å². The van der Waals surface area contributed by atoms with Crippen LogP contribution in [0.3, 0.4) is 0 Å². The van der Waals surface area contributed by atoms with Crippen molar-refractivity contribution in [2.45, 2.75) is 18.9 Å². The van der Waals surface area contributed by atoms with Crippen LogP contribution >= 0.6 is 11.3 Å². The summed E-state index contributed by atoms with van der Waals surface area (Å²) in [5, 5.41) is 13.2. The van der Waals surface area contributed by atoms with Gasteiger partial charge in [-0.2, -0.15) is 11.3 Å². The Morgan fingerprint density at radius 3 is 2.48 bits per heavy atom. The van der Waals surface area contributed by atoms with E-state index in [1.54, 1.807) is 7.05 Å². The van der Waals surface area contributed by atoms with E-state index in [-0.39, 0.29) is 12.3 Å². The maximum absolute atomic E-state index is 12.2. The number of thiophene rings is 1. The van der Waals surface area contributed by atoms with Crippen LogP contribution in [0.25, 0.3) is 0 Å². The highest BCUT2D eigenvalue weighted by Crippen LogP contribution is 2.12. The van der Waals surface area contributed by atoms with Gasteiger partial charge in [0.1, 0.15) is 6.04 Å². The molecule has 1 amide bonds.